The summed E-state index contributed by atoms with van der Waals surface area (Å²) in [5, 5.41) is 0. The molecule has 0 unspecified atom stereocenters. The average molecular weight is 367 g/mol. The van der Waals surface area contributed by atoms with Crippen LogP contribution in [0.3, 0.4) is 0 Å². The molecule has 5 heteroatoms. The van der Waals surface area contributed by atoms with E-state index < -0.39 is 0 Å². The molecule has 1 spiro atoms. The molecular formula is C22H30N4O. The Bertz CT molecular complexity index is 730. The number of rotatable bonds is 6. The van der Waals surface area contributed by atoms with E-state index in [1.807, 2.05) is 6.20 Å². The van der Waals surface area contributed by atoms with Gasteiger partial charge in [0.05, 0.1) is 6.33 Å². The van der Waals surface area contributed by atoms with Crippen molar-refractivity contribution in [2.75, 3.05) is 32.7 Å². The maximum atomic E-state index is 12.5. The average Bonchev–Trinajstić information content (AvgIpc) is 3.22. The van der Waals surface area contributed by atoms with Gasteiger partial charge in [-0.1, -0.05) is 30.3 Å². The second-order valence-corrected chi connectivity index (χ2v) is 8.26. The number of nitrogens with one attached hydrogen (secondary N) is 1. The molecule has 1 aromatic heterocycles. The predicted molar refractivity (Wildman–Crippen MR) is 106 cm³/mol. The van der Waals surface area contributed by atoms with Crippen molar-refractivity contribution in [1.29, 1.82) is 0 Å². The molecule has 1 N–H and O–H groups in total. The molecule has 0 bridgehead atoms. The lowest BCUT2D eigenvalue weighted by Gasteiger charge is -2.48. The molecule has 5 nitrogen and oxygen atoms in total. The number of likely N-dealkylation sites (tertiary alicyclic amines) is 2. The summed E-state index contributed by atoms with van der Waals surface area (Å²) in [6, 6.07) is 10.8. The van der Waals surface area contributed by atoms with Crippen molar-refractivity contribution in [3.8, 4) is 0 Å². The summed E-state index contributed by atoms with van der Waals surface area (Å²) >= 11 is 0. The third kappa shape index (κ3) is 4.59. The van der Waals surface area contributed by atoms with Crippen LogP contribution < -0.4 is 0 Å². The van der Waals surface area contributed by atoms with E-state index >= 15 is 0 Å². The summed E-state index contributed by atoms with van der Waals surface area (Å²) < 4.78 is 0. The lowest BCUT2D eigenvalue weighted by molar-refractivity contribution is -0.139. The number of imidazole rings is 1. The molecule has 2 saturated heterocycles. The van der Waals surface area contributed by atoms with Crippen LogP contribution in [0.15, 0.2) is 42.9 Å². The van der Waals surface area contributed by atoms with E-state index in [1.165, 1.54) is 24.9 Å². The third-order valence-corrected chi connectivity index (χ3v) is 6.25. The molecule has 144 valence electrons. The molecule has 2 aliphatic rings. The topological polar surface area (TPSA) is 52.2 Å². The van der Waals surface area contributed by atoms with Gasteiger partial charge in [-0.2, -0.15) is 0 Å². The highest BCUT2D eigenvalue weighted by Gasteiger charge is 2.41. The smallest absolute Gasteiger partial charge is 0.222 e. The SMILES string of the molecule is O=C1CC[C@@]2(CCCN(CCc3ccccc3)C2)CN1CCc1cnc[nH]1. The maximum Gasteiger partial charge on any atom is 0.222 e. The Morgan fingerprint density at radius 2 is 1.96 bits per heavy atom. The zero-order chi connectivity index (χ0) is 18.5. The lowest BCUT2D eigenvalue weighted by atomic mass is 9.73. The third-order valence-electron chi connectivity index (χ3n) is 6.25. The quantitative estimate of drug-likeness (QED) is 0.855. The first-order chi connectivity index (χ1) is 13.2. The summed E-state index contributed by atoms with van der Waals surface area (Å²) in [6.45, 7) is 5.16. The van der Waals surface area contributed by atoms with Crippen LogP contribution >= 0.6 is 0 Å². The van der Waals surface area contributed by atoms with Crippen molar-refractivity contribution in [2.45, 2.75) is 38.5 Å². The van der Waals surface area contributed by atoms with Gasteiger partial charge in [0.15, 0.2) is 0 Å². The Morgan fingerprint density at radius 3 is 2.78 bits per heavy atom. The van der Waals surface area contributed by atoms with Gasteiger partial charge in [0, 0.05) is 56.3 Å². The molecule has 0 radical (unpaired) electrons. The minimum atomic E-state index is 0.289. The van der Waals surface area contributed by atoms with E-state index in [2.05, 4.69) is 50.1 Å². The van der Waals surface area contributed by atoms with E-state index in [9.17, 15) is 4.79 Å². The van der Waals surface area contributed by atoms with Crippen molar-refractivity contribution < 1.29 is 4.79 Å². The largest absolute Gasteiger partial charge is 0.348 e. The highest BCUT2D eigenvalue weighted by Crippen LogP contribution is 2.38. The maximum absolute atomic E-state index is 12.5. The summed E-state index contributed by atoms with van der Waals surface area (Å²) in [4.78, 5) is 24.4. The number of aromatic nitrogens is 2. The molecule has 1 amide bonds. The normalized spacial score (nSPS) is 23.9. The van der Waals surface area contributed by atoms with Gasteiger partial charge in [0.1, 0.15) is 0 Å². The molecule has 3 heterocycles. The van der Waals surface area contributed by atoms with Gasteiger partial charge in [0.25, 0.3) is 0 Å². The zero-order valence-electron chi connectivity index (χ0n) is 16.1. The molecule has 4 rings (SSSR count). The number of hydrogen-bond donors (Lipinski definition) is 1. The molecule has 2 fully saturated rings. The first kappa shape index (κ1) is 18.2. The number of carbonyl (C=O) groups is 1. The van der Waals surface area contributed by atoms with Gasteiger partial charge >= 0.3 is 0 Å². The molecule has 2 aliphatic heterocycles. The molecule has 0 saturated carbocycles. The molecule has 0 aliphatic carbocycles. The first-order valence-electron chi connectivity index (χ1n) is 10.2. The Morgan fingerprint density at radius 1 is 1.07 bits per heavy atom. The highest BCUT2D eigenvalue weighted by atomic mass is 16.2. The van der Waals surface area contributed by atoms with Crippen LogP contribution in [0.25, 0.3) is 0 Å². The Hall–Kier alpha value is -2.14. The summed E-state index contributed by atoms with van der Waals surface area (Å²) in [5.41, 5.74) is 2.81. The van der Waals surface area contributed by atoms with E-state index in [0.717, 1.165) is 51.1 Å². The van der Waals surface area contributed by atoms with Crippen LogP contribution in [0.1, 0.15) is 36.9 Å². The van der Waals surface area contributed by atoms with E-state index in [-0.39, 0.29) is 5.41 Å². The first-order valence-corrected chi connectivity index (χ1v) is 10.2. The standard InChI is InChI=1S/C22H30N4O/c27-21-7-11-22(17-26(21)14-9-20-15-23-18-24-20)10-4-12-25(16-22)13-8-19-5-2-1-3-6-19/h1-3,5-6,15,18H,4,7-14,16-17H2,(H,23,24)/t22-/m1/s1. The van der Waals surface area contributed by atoms with Gasteiger partial charge in [-0.3, -0.25) is 4.79 Å². The number of nitrogens with zero attached hydrogens (tertiary/aromatic N) is 3. The number of H-pyrrole nitrogens is 1. The van der Waals surface area contributed by atoms with E-state index in [0.29, 0.717) is 12.3 Å². The molecule has 1 aromatic carbocycles. The minimum Gasteiger partial charge on any atom is -0.348 e. The van der Waals surface area contributed by atoms with Gasteiger partial charge in [-0.05, 0) is 37.8 Å². The van der Waals surface area contributed by atoms with E-state index in [4.69, 9.17) is 0 Å². The van der Waals surface area contributed by atoms with Crippen LogP contribution in [-0.2, 0) is 17.6 Å². The number of benzene rings is 1. The van der Waals surface area contributed by atoms with Gasteiger partial charge in [0.2, 0.25) is 5.91 Å². The van der Waals surface area contributed by atoms with Crippen LogP contribution in [0.2, 0.25) is 0 Å². The summed E-state index contributed by atoms with van der Waals surface area (Å²) in [5.74, 6) is 0.321. The number of hydrogen-bond acceptors (Lipinski definition) is 3. The fraction of sp³-hybridized carbons (Fsp3) is 0.545. The van der Waals surface area contributed by atoms with Crippen molar-refractivity contribution in [3.63, 3.8) is 0 Å². The zero-order valence-corrected chi connectivity index (χ0v) is 16.1. The van der Waals surface area contributed by atoms with Crippen LogP contribution in [0.5, 0.6) is 0 Å². The second kappa shape index (κ2) is 8.26. The van der Waals surface area contributed by atoms with Gasteiger partial charge in [-0.15, -0.1) is 0 Å². The fourth-order valence-electron chi connectivity index (χ4n) is 4.75. The van der Waals surface area contributed by atoms with Crippen LogP contribution in [-0.4, -0.2) is 58.4 Å². The van der Waals surface area contributed by atoms with Crippen molar-refractivity contribution in [2.24, 2.45) is 5.41 Å². The Kier molecular flexibility index (Phi) is 5.58. The molecule has 27 heavy (non-hydrogen) atoms. The Balaban J connectivity index is 1.34. The second-order valence-electron chi connectivity index (χ2n) is 8.26. The van der Waals surface area contributed by atoms with Crippen LogP contribution in [0.4, 0.5) is 0 Å². The molecular weight excluding hydrogens is 336 g/mol. The lowest BCUT2D eigenvalue weighted by Crippen LogP contribution is -2.54. The Labute approximate surface area is 161 Å². The molecule has 1 atom stereocenters. The number of aromatic amines is 1. The fourth-order valence-corrected chi connectivity index (χ4v) is 4.75. The monoisotopic (exact) mass is 366 g/mol. The van der Waals surface area contributed by atoms with Gasteiger partial charge in [-0.25, -0.2) is 4.98 Å². The minimum absolute atomic E-state index is 0.289. The van der Waals surface area contributed by atoms with Crippen molar-refractivity contribution in [1.82, 2.24) is 19.8 Å². The summed E-state index contributed by atoms with van der Waals surface area (Å²) in [7, 11) is 0. The summed E-state index contributed by atoms with van der Waals surface area (Å²) in [6.07, 6.45) is 9.79. The van der Waals surface area contributed by atoms with Crippen molar-refractivity contribution in [3.05, 3.63) is 54.1 Å². The van der Waals surface area contributed by atoms with Crippen molar-refractivity contribution >= 4 is 5.91 Å². The van der Waals surface area contributed by atoms with E-state index in [1.54, 1.807) is 6.33 Å². The van der Waals surface area contributed by atoms with Gasteiger partial charge < -0.3 is 14.8 Å². The predicted octanol–water partition coefficient (Wildman–Crippen LogP) is 2.90. The molecule has 2 aromatic rings. The number of amides is 1. The highest BCUT2D eigenvalue weighted by molar-refractivity contribution is 5.77. The number of piperidine rings is 2. The number of carbonyl (C=O) groups excluding carboxylic acids is 1. The van der Waals surface area contributed by atoms with Crippen LogP contribution in [0, 0.1) is 5.41 Å².